The van der Waals surface area contributed by atoms with E-state index in [2.05, 4.69) is 29.1 Å². The molecule has 0 aromatic carbocycles. The summed E-state index contributed by atoms with van der Waals surface area (Å²) in [6, 6.07) is 0. The van der Waals surface area contributed by atoms with E-state index in [4.69, 9.17) is 4.74 Å². The summed E-state index contributed by atoms with van der Waals surface area (Å²) in [7, 11) is 0. The van der Waals surface area contributed by atoms with Crippen LogP contribution in [0, 0.1) is 5.92 Å². The molecule has 0 aliphatic heterocycles. The van der Waals surface area contributed by atoms with E-state index in [1.807, 2.05) is 0 Å². The van der Waals surface area contributed by atoms with Crippen molar-refractivity contribution in [2.24, 2.45) is 5.92 Å². The van der Waals surface area contributed by atoms with Gasteiger partial charge in [-0.05, 0) is 26.3 Å². The maximum Gasteiger partial charge on any atom is 0.332 e. The molecule has 0 spiro atoms. The van der Waals surface area contributed by atoms with Crippen LogP contribution in [0.3, 0.4) is 0 Å². The average molecular weight is 251 g/mol. The number of nitrogens with zero attached hydrogens (tertiary/aromatic N) is 2. The van der Waals surface area contributed by atoms with Crippen molar-refractivity contribution >= 4 is 5.97 Å². The molecule has 0 saturated carbocycles. The topological polar surface area (TPSA) is 64.1 Å². The fraction of sp³-hybridized carbons (Fsp3) is 0.615. The van der Waals surface area contributed by atoms with Crippen molar-refractivity contribution in [1.82, 2.24) is 15.3 Å². The van der Waals surface area contributed by atoms with E-state index in [-0.39, 0.29) is 5.97 Å². The summed E-state index contributed by atoms with van der Waals surface area (Å²) in [5.74, 6) is 0.0987. The molecular weight excluding hydrogens is 230 g/mol. The Bertz CT molecular complexity index is 381. The summed E-state index contributed by atoms with van der Waals surface area (Å²) < 4.78 is 5.12. The Kier molecular flexibility index (Phi) is 5.22. The zero-order chi connectivity index (χ0) is 13.6. The second-order valence-corrected chi connectivity index (χ2v) is 4.71. The highest BCUT2D eigenvalue weighted by Gasteiger charge is 2.38. The van der Waals surface area contributed by atoms with Crippen molar-refractivity contribution in [2.75, 3.05) is 13.2 Å². The number of ether oxygens (including phenoxy) is 1. The van der Waals surface area contributed by atoms with Gasteiger partial charge in [0.25, 0.3) is 0 Å². The second-order valence-electron chi connectivity index (χ2n) is 4.71. The van der Waals surface area contributed by atoms with Crippen molar-refractivity contribution in [3.8, 4) is 0 Å². The number of hydrogen-bond acceptors (Lipinski definition) is 5. The maximum absolute atomic E-state index is 12.1. The van der Waals surface area contributed by atoms with Gasteiger partial charge in [-0.15, -0.1) is 0 Å². The van der Waals surface area contributed by atoms with Crippen LogP contribution in [-0.2, 0) is 15.1 Å². The predicted octanol–water partition coefficient (Wildman–Crippen LogP) is 1.50. The van der Waals surface area contributed by atoms with Crippen LogP contribution in [0.15, 0.2) is 18.6 Å². The Labute approximate surface area is 108 Å². The van der Waals surface area contributed by atoms with Crippen LogP contribution >= 0.6 is 0 Å². The fourth-order valence-electron chi connectivity index (χ4n) is 1.51. The Balaban J connectivity index is 2.97. The second kappa shape index (κ2) is 6.44. The van der Waals surface area contributed by atoms with Crippen LogP contribution in [0.1, 0.15) is 33.4 Å². The molecule has 1 aromatic heterocycles. The molecule has 0 amide bonds. The molecular formula is C13H21N3O2. The number of carbonyl (C=O) groups is 1. The Morgan fingerprint density at radius 2 is 2.22 bits per heavy atom. The Hall–Kier alpha value is -1.49. The molecule has 18 heavy (non-hydrogen) atoms. The summed E-state index contributed by atoms with van der Waals surface area (Å²) in [4.78, 5) is 20.3. The van der Waals surface area contributed by atoms with E-state index in [0.29, 0.717) is 24.8 Å². The first-order chi connectivity index (χ1) is 8.50. The van der Waals surface area contributed by atoms with Gasteiger partial charge in [0.1, 0.15) is 0 Å². The molecule has 1 heterocycles. The SMILES string of the molecule is CCOC(=O)C(C)(NCC(C)C)c1cnccn1. The molecule has 5 heteroatoms. The van der Waals surface area contributed by atoms with Gasteiger partial charge >= 0.3 is 5.97 Å². The third kappa shape index (κ3) is 3.50. The zero-order valence-electron chi connectivity index (χ0n) is 11.4. The van der Waals surface area contributed by atoms with Crippen LogP contribution in [0.25, 0.3) is 0 Å². The van der Waals surface area contributed by atoms with Gasteiger partial charge in [0.15, 0.2) is 5.54 Å². The summed E-state index contributed by atoms with van der Waals surface area (Å²) in [5, 5.41) is 3.22. The molecule has 1 atom stereocenters. The van der Waals surface area contributed by atoms with Crippen LogP contribution in [0.5, 0.6) is 0 Å². The average Bonchev–Trinajstić information content (AvgIpc) is 2.37. The van der Waals surface area contributed by atoms with Gasteiger partial charge in [0.2, 0.25) is 0 Å². The van der Waals surface area contributed by atoms with Crippen molar-refractivity contribution in [2.45, 2.75) is 33.2 Å². The van der Waals surface area contributed by atoms with Gasteiger partial charge in [0.05, 0.1) is 18.5 Å². The van der Waals surface area contributed by atoms with E-state index < -0.39 is 5.54 Å². The largest absolute Gasteiger partial charge is 0.464 e. The monoisotopic (exact) mass is 251 g/mol. The van der Waals surface area contributed by atoms with E-state index in [1.165, 1.54) is 0 Å². The molecule has 1 aromatic rings. The summed E-state index contributed by atoms with van der Waals surface area (Å²) in [6.07, 6.45) is 4.74. The molecule has 0 fully saturated rings. The smallest absolute Gasteiger partial charge is 0.332 e. The van der Waals surface area contributed by atoms with Crippen molar-refractivity contribution < 1.29 is 9.53 Å². The number of carbonyl (C=O) groups excluding carboxylic acids is 1. The van der Waals surface area contributed by atoms with Crippen molar-refractivity contribution in [3.63, 3.8) is 0 Å². The Morgan fingerprint density at radius 3 is 2.72 bits per heavy atom. The zero-order valence-corrected chi connectivity index (χ0v) is 11.4. The summed E-state index contributed by atoms with van der Waals surface area (Å²) in [6.45, 7) is 8.77. The third-order valence-electron chi connectivity index (χ3n) is 2.62. The minimum atomic E-state index is -0.950. The number of rotatable bonds is 6. The van der Waals surface area contributed by atoms with Crippen LogP contribution in [0.4, 0.5) is 0 Å². The molecule has 0 aliphatic rings. The molecule has 100 valence electrons. The van der Waals surface area contributed by atoms with Gasteiger partial charge in [-0.3, -0.25) is 15.3 Å². The first-order valence-electron chi connectivity index (χ1n) is 6.19. The first kappa shape index (κ1) is 14.6. The lowest BCUT2D eigenvalue weighted by Gasteiger charge is -2.28. The third-order valence-corrected chi connectivity index (χ3v) is 2.62. The Morgan fingerprint density at radius 1 is 1.50 bits per heavy atom. The summed E-state index contributed by atoms with van der Waals surface area (Å²) in [5.41, 5.74) is -0.377. The lowest BCUT2D eigenvalue weighted by Crippen LogP contribution is -2.49. The van der Waals surface area contributed by atoms with Crippen molar-refractivity contribution in [3.05, 3.63) is 24.3 Å². The highest BCUT2D eigenvalue weighted by molar-refractivity contribution is 5.81. The number of nitrogens with one attached hydrogen (secondary N) is 1. The molecule has 0 saturated heterocycles. The minimum absolute atomic E-state index is 0.328. The highest BCUT2D eigenvalue weighted by Crippen LogP contribution is 2.20. The lowest BCUT2D eigenvalue weighted by molar-refractivity contribution is -0.151. The molecule has 1 rings (SSSR count). The van der Waals surface area contributed by atoms with Gasteiger partial charge < -0.3 is 4.74 Å². The van der Waals surface area contributed by atoms with Crippen molar-refractivity contribution in [1.29, 1.82) is 0 Å². The molecule has 0 bridgehead atoms. The van der Waals surface area contributed by atoms with E-state index in [1.54, 1.807) is 32.4 Å². The number of aromatic nitrogens is 2. The standard InChI is InChI=1S/C13H21N3O2/c1-5-18-12(17)13(4,16-8-10(2)3)11-9-14-6-7-15-11/h6-7,9-10,16H,5,8H2,1-4H3. The van der Waals surface area contributed by atoms with Gasteiger partial charge in [-0.2, -0.15) is 0 Å². The van der Waals surface area contributed by atoms with Crippen LogP contribution < -0.4 is 5.32 Å². The molecule has 5 nitrogen and oxygen atoms in total. The van der Waals surface area contributed by atoms with Crippen LogP contribution in [0.2, 0.25) is 0 Å². The number of esters is 1. The van der Waals surface area contributed by atoms with Gasteiger partial charge in [0, 0.05) is 12.4 Å². The maximum atomic E-state index is 12.1. The first-order valence-corrected chi connectivity index (χ1v) is 6.19. The highest BCUT2D eigenvalue weighted by atomic mass is 16.5. The molecule has 0 aliphatic carbocycles. The molecule has 1 N–H and O–H groups in total. The predicted molar refractivity (Wildman–Crippen MR) is 68.9 cm³/mol. The van der Waals surface area contributed by atoms with Crippen LogP contribution in [-0.4, -0.2) is 29.1 Å². The number of hydrogen-bond donors (Lipinski definition) is 1. The minimum Gasteiger partial charge on any atom is -0.464 e. The molecule has 0 radical (unpaired) electrons. The van der Waals surface area contributed by atoms with Gasteiger partial charge in [-0.25, -0.2) is 4.79 Å². The van der Waals surface area contributed by atoms with E-state index in [9.17, 15) is 4.79 Å². The fourth-order valence-corrected chi connectivity index (χ4v) is 1.51. The normalized spacial score (nSPS) is 14.3. The lowest BCUT2D eigenvalue weighted by atomic mass is 9.97. The quantitative estimate of drug-likeness (QED) is 0.776. The van der Waals surface area contributed by atoms with Gasteiger partial charge in [-0.1, -0.05) is 13.8 Å². The summed E-state index contributed by atoms with van der Waals surface area (Å²) >= 11 is 0. The molecule has 1 unspecified atom stereocenters. The van der Waals surface area contributed by atoms with E-state index in [0.717, 1.165) is 0 Å². The van der Waals surface area contributed by atoms with E-state index >= 15 is 0 Å².